The number of aryl methyl sites for hydroxylation is 1. The third-order valence-corrected chi connectivity index (χ3v) is 3.94. The van der Waals surface area contributed by atoms with Crippen LogP contribution in [-0.2, 0) is 4.79 Å². The molecule has 2 unspecified atom stereocenters. The molecule has 1 N–H and O–H groups in total. The summed E-state index contributed by atoms with van der Waals surface area (Å²) in [7, 11) is 1.67. The predicted molar refractivity (Wildman–Crippen MR) is 75.5 cm³/mol. The fourth-order valence-corrected chi connectivity index (χ4v) is 2.67. The van der Waals surface area contributed by atoms with E-state index in [1.54, 1.807) is 14.0 Å². The molecule has 0 aromatic heterocycles. The van der Waals surface area contributed by atoms with Crippen molar-refractivity contribution in [2.45, 2.75) is 33.1 Å². The Balaban J connectivity index is 2.56. The zero-order valence-corrected chi connectivity index (χ0v) is 11.9. The van der Waals surface area contributed by atoms with E-state index >= 15 is 0 Å². The molecule has 3 heteroatoms. The molecular weight excluding hydrogens is 240 g/mol. The van der Waals surface area contributed by atoms with Gasteiger partial charge in [-0.2, -0.15) is 0 Å². The Labute approximate surface area is 113 Å². The van der Waals surface area contributed by atoms with Gasteiger partial charge in [0.15, 0.2) is 0 Å². The Hall–Kier alpha value is -1.77. The third-order valence-electron chi connectivity index (χ3n) is 3.94. The van der Waals surface area contributed by atoms with Crippen molar-refractivity contribution in [2.24, 2.45) is 5.92 Å². The zero-order chi connectivity index (χ0) is 14.2. The first-order chi connectivity index (χ1) is 8.95. The summed E-state index contributed by atoms with van der Waals surface area (Å²) in [5, 5.41) is 9.23. The molecule has 1 aliphatic carbocycles. The summed E-state index contributed by atoms with van der Waals surface area (Å²) >= 11 is 0. The van der Waals surface area contributed by atoms with E-state index in [9.17, 15) is 9.90 Å². The monoisotopic (exact) mass is 260 g/mol. The number of carboxylic acid groups (broad SMARTS) is 1. The van der Waals surface area contributed by atoms with Crippen molar-refractivity contribution in [1.29, 1.82) is 0 Å². The first kappa shape index (κ1) is 13.7. The van der Waals surface area contributed by atoms with Gasteiger partial charge in [0.2, 0.25) is 0 Å². The van der Waals surface area contributed by atoms with Crippen LogP contribution in [-0.4, -0.2) is 18.2 Å². The Morgan fingerprint density at radius 2 is 2.16 bits per heavy atom. The first-order valence-corrected chi connectivity index (χ1v) is 6.57. The Bertz CT molecular complexity index is 543. The summed E-state index contributed by atoms with van der Waals surface area (Å²) in [6, 6.07) is 4.10. The molecular formula is C16H20O3. The fourth-order valence-electron chi connectivity index (χ4n) is 2.67. The van der Waals surface area contributed by atoms with E-state index in [0.717, 1.165) is 28.9 Å². The number of methoxy groups -OCH3 is 1. The van der Waals surface area contributed by atoms with Crippen LogP contribution in [0.1, 0.15) is 42.9 Å². The lowest BCUT2D eigenvalue weighted by molar-refractivity contribution is -0.139. The predicted octanol–water partition coefficient (Wildman–Crippen LogP) is 3.61. The molecule has 0 saturated carbocycles. The smallest absolute Gasteiger partial charge is 0.310 e. The molecule has 102 valence electrons. The second-order valence-corrected chi connectivity index (χ2v) is 5.27. The van der Waals surface area contributed by atoms with Crippen LogP contribution in [0.15, 0.2) is 18.2 Å². The maximum Gasteiger partial charge on any atom is 0.310 e. The van der Waals surface area contributed by atoms with Gasteiger partial charge in [0, 0.05) is 0 Å². The zero-order valence-electron chi connectivity index (χ0n) is 11.9. The minimum atomic E-state index is -0.778. The van der Waals surface area contributed by atoms with Gasteiger partial charge < -0.3 is 9.84 Å². The minimum absolute atomic E-state index is 0.397. The molecule has 0 radical (unpaired) electrons. The van der Waals surface area contributed by atoms with Crippen LogP contribution >= 0.6 is 0 Å². The van der Waals surface area contributed by atoms with Gasteiger partial charge >= 0.3 is 5.97 Å². The third kappa shape index (κ3) is 2.37. The number of aliphatic carboxylic acids is 1. The molecule has 1 aromatic carbocycles. The first-order valence-electron chi connectivity index (χ1n) is 6.57. The van der Waals surface area contributed by atoms with Crippen molar-refractivity contribution in [2.75, 3.05) is 7.11 Å². The number of hydrogen-bond acceptors (Lipinski definition) is 2. The van der Waals surface area contributed by atoms with E-state index in [4.69, 9.17) is 4.74 Å². The lowest BCUT2D eigenvalue weighted by atomic mass is 9.79. The summed E-state index contributed by atoms with van der Waals surface area (Å²) in [4.78, 5) is 11.2. The number of hydrogen-bond donors (Lipinski definition) is 1. The molecule has 0 amide bonds. The van der Waals surface area contributed by atoms with Gasteiger partial charge in [-0.1, -0.05) is 13.0 Å². The van der Waals surface area contributed by atoms with E-state index in [-0.39, 0.29) is 0 Å². The largest absolute Gasteiger partial charge is 0.496 e. The van der Waals surface area contributed by atoms with Gasteiger partial charge in [-0.05, 0) is 60.6 Å². The SMILES string of the molecule is COc1cc2c(cc1C)C(C(C)C(=O)O)=CCC2C. The summed E-state index contributed by atoms with van der Waals surface area (Å²) in [6.45, 7) is 5.89. The van der Waals surface area contributed by atoms with Crippen molar-refractivity contribution in [3.63, 3.8) is 0 Å². The maximum atomic E-state index is 11.2. The van der Waals surface area contributed by atoms with Gasteiger partial charge in [0.1, 0.15) is 5.75 Å². The standard InChI is InChI=1S/C16H20O3/c1-9-5-6-12(11(3)16(17)18)14-7-10(2)15(19-4)8-13(9)14/h6-9,11H,5H2,1-4H3,(H,17,18). The van der Waals surface area contributed by atoms with Gasteiger partial charge in [-0.15, -0.1) is 0 Å². The molecule has 19 heavy (non-hydrogen) atoms. The Kier molecular flexibility index (Phi) is 3.65. The van der Waals surface area contributed by atoms with Crippen LogP contribution in [0.3, 0.4) is 0 Å². The molecule has 1 aliphatic rings. The summed E-state index contributed by atoms with van der Waals surface area (Å²) in [5.74, 6) is 0.0170. The van der Waals surface area contributed by atoms with Crippen molar-refractivity contribution in [3.8, 4) is 5.75 Å². The topological polar surface area (TPSA) is 46.5 Å². The highest BCUT2D eigenvalue weighted by Gasteiger charge is 2.26. The molecule has 0 spiro atoms. The van der Waals surface area contributed by atoms with E-state index in [1.807, 2.05) is 6.92 Å². The summed E-state index contributed by atoms with van der Waals surface area (Å²) in [5.41, 5.74) is 4.21. The molecule has 0 heterocycles. The van der Waals surface area contributed by atoms with Crippen molar-refractivity contribution in [1.82, 2.24) is 0 Å². The number of rotatable bonds is 3. The number of benzene rings is 1. The number of allylic oxidation sites excluding steroid dienone is 1. The fraction of sp³-hybridized carbons (Fsp3) is 0.438. The molecule has 0 fully saturated rings. The molecule has 2 atom stereocenters. The van der Waals surface area contributed by atoms with Gasteiger partial charge in [0.05, 0.1) is 13.0 Å². The van der Waals surface area contributed by atoms with Gasteiger partial charge in [0.25, 0.3) is 0 Å². The molecule has 0 saturated heterocycles. The number of ether oxygens (including phenoxy) is 1. The van der Waals surface area contributed by atoms with Crippen molar-refractivity contribution in [3.05, 3.63) is 34.9 Å². The van der Waals surface area contributed by atoms with E-state index in [1.165, 1.54) is 5.56 Å². The number of carbonyl (C=O) groups is 1. The number of carboxylic acids is 1. The Morgan fingerprint density at radius 3 is 2.74 bits per heavy atom. The quantitative estimate of drug-likeness (QED) is 0.903. The van der Waals surface area contributed by atoms with Crippen LogP contribution in [0.2, 0.25) is 0 Å². The van der Waals surface area contributed by atoms with Crippen molar-refractivity contribution < 1.29 is 14.6 Å². The summed E-state index contributed by atoms with van der Waals surface area (Å²) < 4.78 is 5.37. The molecule has 3 nitrogen and oxygen atoms in total. The van der Waals surface area contributed by atoms with E-state index in [2.05, 4.69) is 25.1 Å². The minimum Gasteiger partial charge on any atom is -0.496 e. The van der Waals surface area contributed by atoms with Crippen LogP contribution in [0.4, 0.5) is 0 Å². The second-order valence-electron chi connectivity index (χ2n) is 5.27. The van der Waals surface area contributed by atoms with Crippen LogP contribution < -0.4 is 4.74 Å². The molecule has 2 rings (SSSR count). The lowest BCUT2D eigenvalue weighted by Crippen LogP contribution is -2.16. The van der Waals surface area contributed by atoms with E-state index in [0.29, 0.717) is 5.92 Å². The highest BCUT2D eigenvalue weighted by molar-refractivity contribution is 5.88. The van der Waals surface area contributed by atoms with Crippen LogP contribution in [0.25, 0.3) is 5.57 Å². The highest BCUT2D eigenvalue weighted by Crippen LogP contribution is 2.40. The molecule has 1 aromatic rings. The van der Waals surface area contributed by atoms with E-state index < -0.39 is 11.9 Å². The highest BCUT2D eigenvalue weighted by atomic mass is 16.5. The molecule has 0 bridgehead atoms. The normalized spacial score (nSPS) is 19.4. The second kappa shape index (κ2) is 5.08. The lowest BCUT2D eigenvalue weighted by Gasteiger charge is -2.26. The van der Waals surface area contributed by atoms with Gasteiger partial charge in [-0.3, -0.25) is 4.79 Å². The van der Waals surface area contributed by atoms with Crippen LogP contribution in [0, 0.1) is 12.8 Å². The van der Waals surface area contributed by atoms with Crippen LogP contribution in [0.5, 0.6) is 5.75 Å². The average molecular weight is 260 g/mol. The average Bonchev–Trinajstić information content (AvgIpc) is 2.38. The molecule has 0 aliphatic heterocycles. The Morgan fingerprint density at radius 1 is 1.47 bits per heavy atom. The van der Waals surface area contributed by atoms with Crippen molar-refractivity contribution >= 4 is 11.5 Å². The van der Waals surface area contributed by atoms with Gasteiger partial charge in [-0.25, -0.2) is 0 Å². The number of fused-ring (bicyclic) bond motifs is 1. The summed E-state index contributed by atoms with van der Waals surface area (Å²) in [6.07, 6.45) is 2.95. The maximum absolute atomic E-state index is 11.2.